The van der Waals surface area contributed by atoms with Crippen molar-refractivity contribution >= 4 is 0 Å². The van der Waals surface area contributed by atoms with Crippen LogP contribution in [0.1, 0.15) is 46.1 Å². The van der Waals surface area contributed by atoms with Gasteiger partial charge in [0.05, 0.1) is 12.7 Å². The van der Waals surface area contributed by atoms with Gasteiger partial charge in [0.2, 0.25) is 6.79 Å². The highest BCUT2D eigenvalue weighted by atomic mass is 16.7. The molecule has 1 atom stereocenters. The first kappa shape index (κ1) is 16.1. The van der Waals surface area contributed by atoms with Gasteiger partial charge in [-0.15, -0.1) is 0 Å². The lowest BCUT2D eigenvalue weighted by atomic mass is 10.1. The molecule has 0 fully saturated rings. The number of benzene rings is 1. The van der Waals surface area contributed by atoms with Crippen LogP contribution < -0.4 is 14.8 Å². The summed E-state index contributed by atoms with van der Waals surface area (Å²) in [7, 11) is 0. The van der Waals surface area contributed by atoms with Crippen LogP contribution in [0.4, 0.5) is 0 Å². The highest BCUT2D eigenvalue weighted by Gasteiger charge is 2.13. The second-order valence-corrected chi connectivity index (χ2v) is 6.63. The van der Waals surface area contributed by atoms with E-state index in [-0.39, 0.29) is 11.6 Å². The van der Waals surface area contributed by atoms with E-state index >= 15 is 0 Å². The van der Waals surface area contributed by atoms with Gasteiger partial charge in [0, 0.05) is 5.54 Å². The Morgan fingerprint density at radius 1 is 1.24 bits per heavy atom. The van der Waals surface area contributed by atoms with E-state index in [2.05, 4.69) is 33.0 Å². The predicted octanol–water partition coefficient (Wildman–Crippen LogP) is 3.49. The zero-order valence-electron chi connectivity index (χ0n) is 13.6. The van der Waals surface area contributed by atoms with Crippen molar-refractivity contribution in [1.29, 1.82) is 0 Å². The number of ether oxygens (including phenoxy) is 3. The van der Waals surface area contributed by atoms with Crippen LogP contribution in [0.15, 0.2) is 18.2 Å². The monoisotopic (exact) mass is 293 g/mol. The van der Waals surface area contributed by atoms with Gasteiger partial charge >= 0.3 is 0 Å². The molecule has 1 N–H and O–H groups in total. The van der Waals surface area contributed by atoms with E-state index in [0.29, 0.717) is 13.4 Å². The predicted molar refractivity (Wildman–Crippen MR) is 83.8 cm³/mol. The summed E-state index contributed by atoms with van der Waals surface area (Å²) in [5.41, 5.74) is 1.32. The number of nitrogens with one attached hydrogen (secondary N) is 1. The second-order valence-electron chi connectivity index (χ2n) is 6.63. The molecule has 1 aromatic carbocycles. The number of hydrogen-bond acceptors (Lipinski definition) is 4. The van der Waals surface area contributed by atoms with Gasteiger partial charge in [-0.1, -0.05) is 6.07 Å². The quantitative estimate of drug-likeness (QED) is 0.781. The van der Waals surface area contributed by atoms with Crippen molar-refractivity contribution in [2.24, 2.45) is 0 Å². The van der Waals surface area contributed by atoms with Gasteiger partial charge in [0.1, 0.15) is 0 Å². The van der Waals surface area contributed by atoms with Crippen molar-refractivity contribution in [3.05, 3.63) is 23.8 Å². The topological polar surface area (TPSA) is 39.7 Å². The molecule has 0 aromatic heterocycles. The lowest BCUT2D eigenvalue weighted by molar-refractivity contribution is 0.0460. The standard InChI is InChI=1S/C17H27NO3/c1-13(6-5-9-18-17(2,3)4)19-11-14-7-8-15-16(10-14)21-12-20-15/h7-8,10,13,18H,5-6,9,11-12H2,1-4H3. The van der Waals surface area contributed by atoms with Gasteiger partial charge in [0.15, 0.2) is 11.5 Å². The summed E-state index contributed by atoms with van der Waals surface area (Å²) >= 11 is 0. The maximum absolute atomic E-state index is 5.90. The molecular formula is C17H27NO3. The maximum Gasteiger partial charge on any atom is 0.231 e. The molecule has 1 unspecified atom stereocenters. The largest absolute Gasteiger partial charge is 0.454 e. The first-order chi connectivity index (χ1) is 9.94. The highest BCUT2D eigenvalue weighted by Crippen LogP contribution is 2.32. The third-order valence-electron chi connectivity index (χ3n) is 3.41. The number of rotatable bonds is 7. The van der Waals surface area contributed by atoms with Crippen LogP contribution in [0.3, 0.4) is 0 Å². The Kier molecular flexibility index (Phi) is 5.48. The van der Waals surface area contributed by atoms with Gasteiger partial charge in [-0.25, -0.2) is 0 Å². The van der Waals surface area contributed by atoms with Crippen LogP contribution in [-0.2, 0) is 11.3 Å². The van der Waals surface area contributed by atoms with Crippen LogP contribution in [-0.4, -0.2) is 25.0 Å². The van der Waals surface area contributed by atoms with E-state index in [1.54, 1.807) is 0 Å². The van der Waals surface area contributed by atoms with E-state index in [4.69, 9.17) is 14.2 Å². The Hall–Kier alpha value is -1.26. The van der Waals surface area contributed by atoms with E-state index < -0.39 is 0 Å². The minimum Gasteiger partial charge on any atom is -0.454 e. The maximum atomic E-state index is 5.90. The molecule has 1 heterocycles. The van der Waals surface area contributed by atoms with Gasteiger partial charge in [-0.05, 0) is 64.8 Å². The lowest BCUT2D eigenvalue weighted by Gasteiger charge is -2.21. The summed E-state index contributed by atoms with van der Waals surface area (Å²) in [6.07, 6.45) is 2.45. The van der Waals surface area contributed by atoms with Crippen molar-refractivity contribution in [1.82, 2.24) is 5.32 Å². The summed E-state index contributed by atoms with van der Waals surface area (Å²) < 4.78 is 16.6. The van der Waals surface area contributed by atoms with Crippen molar-refractivity contribution in [2.75, 3.05) is 13.3 Å². The molecule has 0 spiro atoms. The third kappa shape index (κ3) is 5.56. The Morgan fingerprint density at radius 2 is 2.00 bits per heavy atom. The fraction of sp³-hybridized carbons (Fsp3) is 0.647. The smallest absolute Gasteiger partial charge is 0.231 e. The molecule has 0 aliphatic carbocycles. The fourth-order valence-electron chi connectivity index (χ4n) is 2.21. The van der Waals surface area contributed by atoms with E-state index in [1.807, 2.05) is 18.2 Å². The molecule has 2 rings (SSSR count). The number of fused-ring (bicyclic) bond motifs is 1. The Balaban J connectivity index is 1.66. The molecule has 4 nitrogen and oxygen atoms in total. The van der Waals surface area contributed by atoms with Gasteiger partial charge in [0.25, 0.3) is 0 Å². The average molecular weight is 293 g/mol. The highest BCUT2D eigenvalue weighted by molar-refractivity contribution is 5.44. The SMILES string of the molecule is CC(CCCNC(C)(C)C)OCc1ccc2c(c1)OCO2. The molecule has 1 aromatic rings. The van der Waals surface area contributed by atoms with E-state index in [0.717, 1.165) is 36.4 Å². The summed E-state index contributed by atoms with van der Waals surface area (Å²) in [5, 5.41) is 3.49. The van der Waals surface area contributed by atoms with Crippen molar-refractivity contribution in [3.63, 3.8) is 0 Å². The Bertz CT molecular complexity index is 454. The van der Waals surface area contributed by atoms with Crippen molar-refractivity contribution in [2.45, 2.75) is 58.8 Å². The van der Waals surface area contributed by atoms with E-state index in [1.165, 1.54) is 0 Å². The molecule has 0 saturated carbocycles. The first-order valence-electron chi connectivity index (χ1n) is 7.69. The molecule has 21 heavy (non-hydrogen) atoms. The van der Waals surface area contributed by atoms with Crippen LogP contribution in [0.5, 0.6) is 11.5 Å². The van der Waals surface area contributed by atoms with Gasteiger partial charge in [-0.2, -0.15) is 0 Å². The molecule has 0 saturated heterocycles. The molecule has 1 aliphatic heterocycles. The Labute approximate surface area is 127 Å². The molecule has 4 heteroatoms. The molecule has 0 bridgehead atoms. The minimum absolute atomic E-state index is 0.191. The molecule has 0 amide bonds. The summed E-state index contributed by atoms with van der Waals surface area (Å²) in [4.78, 5) is 0. The molecular weight excluding hydrogens is 266 g/mol. The van der Waals surface area contributed by atoms with Crippen LogP contribution in [0.2, 0.25) is 0 Å². The van der Waals surface area contributed by atoms with Gasteiger partial charge < -0.3 is 19.5 Å². The third-order valence-corrected chi connectivity index (χ3v) is 3.41. The summed E-state index contributed by atoms with van der Waals surface area (Å²) in [6.45, 7) is 10.7. The summed E-state index contributed by atoms with van der Waals surface area (Å²) in [5.74, 6) is 1.64. The van der Waals surface area contributed by atoms with E-state index in [9.17, 15) is 0 Å². The van der Waals surface area contributed by atoms with Crippen molar-refractivity contribution < 1.29 is 14.2 Å². The Morgan fingerprint density at radius 3 is 2.76 bits per heavy atom. The van der Waals surface area contributed by atoms with Gasteiger partial charge in [-0.3, -0.25) is 0 Å². The second kappa shape index (κ2) is 7.14. The minimum atomic E-state index is 0.191. The first-order valence-corrected chi connectivity index (χ1v) is 7.69. The van der Waals surface area contributed by atoms with Crippen LogP contribution in [0, 0.1) is 0 Å². The fourth-order valence-corrected chi connectivity index (χ4v) is 2.21. The zero-order chi connectivity index (χ0) is 15.3. The normalized spacial score (nSPS) is 15.2. The van der Waals surface area contributed by atoms with Crippen LogP contribution >= 0.6 is 0 Å². The average Bonchev–Trinajstić information content (AvgIpc) is 2.87. The zero-order valence-corrected chi connectivity index (χ0v) is 13.6. The molecule has 1 aliphatic rings. The molecule has 118 valence electrons. The summed E-state index contributed by atoms with van der Waals surface area (Å²) in [6, 6.07) is 5.97. The van der Waals surface area contributed by atoms with Crippen molar-refractivity contribution in [3.8, 4) is 11.5 Å². The van der Waals surface area contributed by atoms with Crippen LogP contribution in [0.25, 0.3) is 0 Å². The lowest BCUT2D eigenvalue weighted by Crippen LogP contribution is -2.36. The number of hydrogen-bond donors (Lipinski definition) is 1. The molecule has 0 radical (unpaired) electrons.